The number of nitrogens with zero attached hydrogens (tertiary/aromatic N) is 4. The number of likely N-dealkylation sites (tertiary alicyclic amines) is 1. The molecule has 2 aliphatic rings. The van der Waals surface area contributed by atoms with Crippen LogP contribution >= 0.6 is 0 Å². The molecule has 1 atom stereocenters. The van der Waals surface area contributed by atoms with Crippen LogP contribution in [-0.2, 0) is 6.54 Å². The first kappa shape index (κ1) is 12.1. The summed E-state index contributed by atoms with van der Waals surface area (Å²) in [5.74, 6) is 3.03. The van der Waals surface area contributed by atoms with Crippen LogP contribution in [0.3, 0.4) is 0 Å². The lowest BCUT2D eigenvalue weighted by Crippen LogP contribution is -2.23. The van der Waals surface area contributed by atoms with Crippen molar-refractivity contribution in [2.75, 3.05) is 6.54 Å². The molecule has 6 heteroatoms. The lowest BCUT2D eigenvalue weighted by atomic mass is 10.2. The van der Waals surface area contributed by atoms with Crippen molar-refractivity contribution < 1.29 is 9.05 Å². The highest BCUT2D eigenvalue weighted by Crippen LogP contribution is 2.40. The summed E-state index contributed by atoms with van der Waals surface area (Å²) >= 11 is 0. The molecule has 0 N–H and O–H groups in total. The standard InChI is InChI=1S/C14H18N4O2/c1-9-7-11(16-19-9)8-18-6-2-3-12(18)13-15-14(20-17-13)10-4-5-10/h7,10,12H,2-6,8H2,1H3/t12-/m0/s1. The van der Waals surface area contributed by atoms with Gasteiger partial charge in [0.2, 0.25) is 5.89 Å². The summed E-state index contributed by atoms with van der Waals surface area (Å²) in [5, 5.41) is 8.25. The number of rotatable bonds is 4. The summed E-state index contributed by atoms with van der Waals surface area (Å²) in [4.78, 5) is 6.95. The van der Waals surface area contributed by atoms with E-state index in [4.69, 9.17) is 9.05 Å². The van der Waals surface area contributed by atoms with E-state index in [-0.39, 0.29) is 6.04 Å². The second-order valence-electron chi connectivity index (χ2n) is 5.82. The van der Waals surface area contributed by atoms with Crippen molar-refractivity contribution in [3.8, 4) is 0 Å². The van der Waals surface area contributed by atoms with Crippen molar-refractivity contribution in [1.29, 1.82) is 0 Å². The fourth-order valence-corrected chi connectivity index (χ4v) is 2.89. The van der Waals surface area contributed by atoms with Crippen LogP contribution in [0.4, 0.5) is 0 Å². The molecule has 1 saturated carbocycles. The van der Waals surface area contributed by atoms with Crippen LogP contribution in [0, 0.1) is 6.92 Å². The lowest BCUT2D eigenvalue weighted by Gasteiger charge is -2.20. The Labute approximate surface area is 117 Å². The first-order valence-corrected chi connectivity index (χ1v) is 7.29. The molecule has 4 rings (SSSR count). The maximum atomic E-state index is 5.38. The van der Waals surface area contributed by atoms with Crippen LogP contribution in [0.25, 0.3) is 0 Å². The highest BCUT2D eigenvalue weighted by Gasteiger charge is 2.34. The van der Waals surface area contributed by atoms with Gasteiger partial charge in [-0.2, -0.15) is 4.98 Å². The van der Waals surface area contributed by atoms with Gasteiger partial charge in [0.1, 0.15) is 5.76 Å². The van der Waals surface area contributed by atoms with Crippen molar-refractivity contribution in [3.05, 3.63) is 29.2 Å². The molecule has 20 heavy (non-hydrogen) atoms. The molecule has 0 aromatic carbocycles. The quantitative estimate of drug-likeness (QED) is 0.853. The molecule has 0 amide bonds. The van der Waals surface area contributed by atoms with Crippen molar-refractivity contribution in [3.63, 3.8) is 0 Å². The molecule has 1 saturated heterocycles. The Bertz CT molecular complexity index is 602. The summed E-state index contributed by atoms with van der Waals surface area (Å²) in [6, 6.07) is 2.24. The van der Waals surface area contributed by atoms with Gasteiger partial charge in [-0.25, -0.2) is 0 Å². The van der Waals surface area contributed by atoms with Gasteiger partial charge < -0.3 is 9.05 Å². The summed E-state index contributed by atoms with van der Waals surface area (Å²) in [7, 11) is 0. The van der Waals surface area contributed by atoms with Crippen LogP contribution in [0.2, 0.25) is 0 Å². The molecule has 2 fully saturated rings. The molecule has 0 unspecified atom stereocenters. The summed E-state index contributed by atoms with van der Waals surface area (Å²) in [5.41, 5.74) is 0.973. The van der Waals surface area contributed by atoms with E-state index in [0.29, 0.717) is 5.92 Å². The number of aryl methyl sites for hydroxylation is 1. The maximum Gasteiger partial charge on any atom is 0.229 e. The number of aromatic nitrogens is 3. The Hall–Kier alpha value is -1.69. The van der Waals surface area contributed by atoms with Crippen LogP contribution < -0.4 is 0 Å². The Morgan fingerprint density at radius 1 is 1.25 bits per heavy atom. The molecule has 6 nitrogen and oxygen atoms in total. The maximum absolute atomic E-state index is 5.38. The van der Waals surface area contributed by atoms with Crippen molar-refractivity contribution in [1.82, 2.24) is 20.2 Å². The number of hydrogen-bond acceptors (Lipinski definition) is 6. The zero-order chi connectivity index (χ0) is 13.5. The SMILES string of the molecule is Cc1cc(CN2CCC[C@H]2c2noc(C3CC3)n2)no1. The Morgan fingerprint density at radius 3 is 2.90 bits per heavy atom. The summed E-state index contributed by atoms with van der Waals surface area (Å²) in [6.45, 7) is 3.75. The third kappa shape index (κ3) is 2.24. The summed E-state index contributed by atoms with van der Waals surface area (Å²) < 4.78 is 10.5. The van der Waals surface area contributed by atoms with E-state index in [2.05, 4.69) is 20.2 Å². The van der Waals surface area contributed by atoms with Crippen molar-refractivity contribution in [2.45, 2.75) is 51.1 Å². The second kappa shape index (κ2) is 4.70. The molecule has 2 aromatic rings. The predicted octanol–water partition coefficient (Wildman–Crippen LogP) is 2.58. The van der Waals surface area contributed by atoms with Gasteiger partial charge in [-0.05, 0) is 39.2 Å². The van der Waals surface area contributed by atoms with Gasteiger partial charge in [-0.15, -0.1) is 0 Å². The first-order valence-electron chi connectivity index (χ1n) is 7.29. The smallest absolute Gasteiger partial charge is 0.229 e. The minimum Gasteiger partial charge on any atom is -0.361 e. The van der Waals surface area contributed by atoms with Crippen molar-refractivity contribution >= 4 is 0 Å². The Kier molecular flexibility index (Phi) is 2.84. The first-order chi connectivity index (χ1) is 9.79. The average molecular weight is 274 g/mol. The average Bonchev–Trinajstić information content (AvgIpc) is 2.87. The topological polar surface area (TPSA) is 68.2 Å². The normalized spacial score (nSPS) is 23.6. The van der Waals surface area contributed by atoms with Gasteiger partial charge in [0.05, 0.1) is 11.7 Å². The third-order valence-corrected chi connectivity index (χ3v) is 4.09. The molecule has 106 valence electrons. The van der Waals surface area contributed by atoms with Crippen LogP contribution in [-0.4, -0.2) is 26.7 Å². The van der Waals surface area contributed by atoms with Crippen LogP contribution in [0.1, 0.15) is 60.8 Å². The van der Waals surface area contributed by atoms with Crippen LogP contribution in [0.15, 0.2) is 15.1 Å². The lowest BCUT2D eigenvalue weighted by molar-refractivity contribution is 0.227. The molecular formula is C14H18N4O2. The molecule has 2 aromatic heterocycles. The predicted molar refractivity (Wildman–Crippen MR) is 69.9 cm³/mol. The fraction of sp³-hybridized carbons (Fsp3) is 0.643. The zero-order valence-corrected chi connectivity index (χ0v) is 11.6. The summed E-state index contributed by atoms with van der Waals surface area (Å²) in [6.07, 6.45) is 4.62. The van der Waals surface area contributed by atoms with E-state index in [1.165, 1.54) is 12.8 Å². The third-order valence-electron chi connectivity index (χ3n) is 4.09. The molecular weight excluding hydrogens is 256 g/mol. The van der Waals surface area contributed by atoms with Gasteiger partial charge in [0, 0.05) is 18.5 Å². The highest BCUT2D eigenvalue weighted by atomic mass is 16.5. The molecule has 1 aliphatic carbocycles. The van der Waals surface area contributed by atoms with Gasteiger partial charge in [0.15, 0.2) is 5.82 Å². The van der Waals surface area contributed by atoms with E-state index in [0.717, 1.165) is 49.1 Å². The molecule has 0 radical (unpaired) electrons. The van der Waals surface area contributed by atoms with Gasteiger partial charge in [-0.3, -0.25) is 4.90 Å². The van der Waals surface area contributed by atoms with E-state index in [1.807, 2.05) is 13.0 Å². The second-order valence-corrected chi connectivity index (χ2v) is 5.82. The van der Waals surface area contributed by atoms with Crippen molar-refractivity contribution in [2.24, 2.45) is 0 Å². The minimum absolute atomic E-state index is 0.253. The van der Waals surface area contributed by atoms with E-state index < -0.39 is 0 Å². The van der Waals surface area contributed by atoms with E-state index >= 15 is 0 Å². The molecule has 1 aliphatic heterocycles. The van der Waals surface area contributed by atoms with E-state index in [1.54, 1.807) is 0 Å². The van der Waals surface area contributed by atoms with Gasteiger partial charge in [-0.1, -0.05) is 10.3 Å². The Balaban J connectivity index is 1.50. The molecule has 3 heterocycles. The highest BCUT2D eigenvalue weighted by molar-refractivity contribution is 5.08. The van der Waals surface area contributed by atoms with Gasteiger partial charge >= 0.3 is 0 Å². The zero-order valence-electron chi connectivity index (χ0n) is 11.6. The monoisotopic (exact) mass is 274 g/mol. The Morgan fingerprint density at radius 2 is 2.15 bits per heavy atom. The van der Waals surface area contributed by atoms with Crippen LogP contribution in [0.5, 0.6) is 0 Å². The van der Waals surface area contributed by atoms with E-state index in [9.17, 15) is 0 Å². The fourth-order valence-electron chi connectivity index (χ4n) is 2.89. The molecule has 0 bridgehead atoms. The van der Waals surface area contributed by atoms with Gasteiger partial charge in [0.25, 0.3) is 0 Å². The number of hydrogen-bond donors (Lipinski definition) is 0. The largest absolute Gasteiger partial charge is 0.361 e. The molecule has 0 spiro atoms. The minimum atomic E-state index is 0.253.